The number of carbonyl (C=O) groups excluding carboxylic acids is 1. The van der Waals surface area contributed by atoms with Gasteiger partial charge in [-0.1, -0.05) is 47.5 Å². The zero-order chi connectivity index (χ0) is 29.8. The summed E-state index contributed by atoms with van der Waals surface area (Å²) in [5.41, 5.74) is 2.46. The van der Waals surface area contributed by atoms with E-state index in [1.807, 2.05) is 31.2 Å². The maximum atomic E-state index is 14.8. The van der Waals surface area contributed by atoms with Gasteiger partial charge in [0, 0.05) is 47.0 Å². The van der Waals surface area contributed by atoms with Crippen LogP contribution in [-0.4, -0.2) is 45.5 Å². The Labute approximate surface area is 255 Å². The first kappa shape index (κ1) is 29.1. The molecule has 0 aromatic heterocycles. The van der Waals surface area contributed by atoms with Gasteiger partial charge in [0.2, 0.25) is 5.91 Å². The summed E-state index contributed by atoms with van der Waals surface area (Å²) in [6, 6.07) is 16.7. The number of quaternary nitrogens is 1. The van der Waals surface area contributed by atoms with E-state index in [2.05, 4.69) is 10.6 Å². The van der Waals surface area contributed by atoms with E-state index in [9.17, 15) is 17.6 Å². The molecular formula is C31H32Cl2FN4O3S+. The molecule has 11 heteroatoms. The van der Waals surface area contributed by atoms with Crippen molar-refractivity contribution in [3.63, 3.8) is 0 Å². The van der Waals surface area contributed by atoms with Crippen LogP contribution in [0.4, 0.5) is 10.1 Å². The molecule has 6 rings (SSSR count). The van der Waals surface area contributed by atoms with Gasteiger partial charge in [-0.15, -0.1) is 0 Å². The monoisotopic (exact) mass is 629 g/mol. The summed E-state index contributed by atoms with van der Waals surface area (Å²) < 4.78 is 39.6. The molecule has 0 bridgehead atoms. The minimum atomic E-state index is -3.18. The lowest BCUT2D eigenvalue weighted by atomic mass is 9.59. The number of piperidine rings is 1. The van der Waals surface area contributed by atoms with Gasteiger partial charge >= 0.3 is 0 Å². The van der Waals surface area contributed by atoms with Gasteiger partial charge < -0.3 is 10.6 Å². The van der Waals surface area contributed by atoms with Gasteiger partial charge in [-0.3, -0.25) is 9.79 Å². The van der Waals surface area contributed by atoms with E-state index < -0.39 is 33.2 Å². The molecule has 3 heterocycles. The average Bonchev–Trinajstić information content (AvgIpc) is 3.21. The molecule has 3 atom stereocenters. The Balaban J connectivity index is 1.52. The number of nitrogens with one attached hydrogen (secondary N) is 3. The van der Waals surface area contributed by atoms with E-state index in [1.54, 1.807) is 24.3 Å². The quantitative estimate of drug-likeness (QED) is 0.395. The van der Waals surface area contributed by atoms with Gasteiger partial charge in [0.05, 0.1) is 31.2 Å². The molecule has 0 aliphatic carbocycles. The first-order valence-electron chi connectivity index (χ1n) is 14.0. The molecule has 3 N–H and O–H groups in total. The SMILES string of the molecule is Cc1ccc(F)cc1C1N=C(NC2CC[NH+](S(C)(=O)=O)CC2)CC(c2cccc(Cl)c2)C12C(=O)Nc1cc(Cl)ccc12. The lowest BCUT2D eigenvalue weighted by Gasteiger charge is -2.45. The molecule has 42 heavy (non-hydrogen) atoms. The Morgan fingerprint density at radius 3 is 2.50 bits per heavy atom. The molecule has 3 aromatic rings. The second kappa shape index (κ2) is 10.9. The van der Waals surface area contributed by atoms with E-state index >= 15 is 0 Å². The standard InChI is InChI=1S/C31H31Cl2FN4O3S/c1-18-6-8-22(34)16-24(18)29-31(25-9-7-21(33)15-27(25)36-30(31)39)26(19-4-3-5-20(32)14-19)17-28(37-29)35-23-10-12-38(13-11-23)42(2,40)41/h3-9,14-16,23,26,29H,10-13,17H2,1-2H3,(H,35,37)(H,36,39)/p+1. The van der Waals surface area contributed by atoms with Crippen LogP contribution in [0.5, 0.6) is 0 Å². The highest BCUT2D eigenvalue weighted by Gasteiger charge is 2.60. The maximum absolute atomic E-state index is 14.8. The highest BCUT2D eigenvalue weighted by Crippen LogP contribution is 2.59. The average molecular weight is 631 g/mol. The molecule has 220 valence electrons. The minimum Gasteiger partial charge on any atom is -0.371 e. The number of carbonyl (C=O) groups is 1. The van der Waals surface area contributed by atoms with Crippen molar-refractivity contribution in [2.24, 2.45) is 4.99 Å². The minimum absolute atomic E-state index is 0.0149. The number of halogens is 3. The van der Waals surface area contributed by atoms with Gasteiger partial charge in [-0.25, -0.2) is 8.70 Å². The van der Waals surface area contributed by atoms with Crippen molar-refractivity contribution in [1.29, 1.82) is 0 Å². The number of amidine groups is 1. The highest BCUT2D eigenvalue weighted by molar-refractivity contribution is 7.84. The van der Waals surface area contributed by atoms with E-state index in [-0.39, 0.29) is 11.9 Å². The summed E-state index contributed by atoms with van der Waals surface area (Å²) >= 11 is 12.8. The van der Waals surface area contributed by atoms with Crippen LogP contribution in [-0.2, 0) is 20.2 Å². The fourth-order valence-electron chi connectivity index (χ4n) is 6.91. The number of benzene rings is 3. The van der Waals surface area contributed by atoms with E-state index in [0.717, 1.165) is 16.7 Å². The lowest BCUT2D eigenvalue weighted by Crippen LogP contribution is -3.15. The van der Waals surface area contributed by atoms with Crippen LogP contribution >= 0.6 is 23.2 Å². The molecule has 1 saturated heterocycles. The molecule has 0 radical (unpaired) electrons. The van der Waals surface area contributed by atoms with Crippen LogP contribution < -0.4 is 14.9 Å². The van der Waals surface area contributed by atoms with E-state index in [1.165, 1.54) is 18.4 Å². The molecule has 1 fully saturated rings. The first-order chi connectivity index (χ1) is 20.0. The van der Waals surface area contributed by atoms with Gasteiger partial charge in [0.1, 0.15) is 11.2 Å². The number of aryl methyl sites for hydroxylation is 1. The van der Waals surface area contributed by atoms with Crippen LogP contribution in [0.3, 0.4) is 0 Å². The van der Waals surface area contributed by atoms with Gasteiger partial charge in [0.15, 0.2) is 0 Å². The normalized spacial score (nSPS) is 27.4. The summed E-state index contributed by atoms with van der Waals surface area (Å²) in [5.74, 6) is -0.354. The highest BCUT2D eigenvalue weighted by atomic mass is 35.5. The van der Waals surface area contributed by atoms with E-state index in [4.69, 9.17) is 28.2 Å². The fourth-order valence-corrected chi connectivity index (χ4v) is 8.26. The van der Waals surface area contributed by atoms with Crippen LogP contribution in [0.2, 0.25) is 10.0 Å². The smallest absolute Gasteiger partial charge is 0.292 e. The third-order valence-corrected chi connectivity index (χ3v) is 10.9. The summed E-state index contributed by atoms with van der Waals surface area (Å²) in [7, 11) is -3.18. The van der Waals surface area contributed by atoms with Crippen molar-refractivity contribution in [3.05, 3.63) is 98.8 Å². The number of hydrogen-bond donors (Lipinski definition) is 3. The van der Waals surface area contributed by atoms with Crippen molar-refractivity contribution in [2.45, 2.75) is 49.6 Å². The molecule has 1 amide bonds. The summed E-state index contributed by atoms with van der Waals surface area (Å²) in [5, 5.41) is 7.70. The Morgan fingerprint density at radius 1 is 1.05 bits per heavy atom. The molecule has 7 nitrogen and oxygen atoms in total. The molecule has 1 spiro atoms. The number of fused-ring (bicyclic) bond motifs is 2. The van der Waals surface area contributed by atoms with Crippen molar-refractivity contribution in [2.75, 3.05) is 24.7 Å². The Hall–Kier alpha value is -2.98. The van der Waals surface area contributed by atoms with Crippen molar-refractivity contribution in [3.8, 4) is 0 Å². The second-order valence-corrected chi connectivity index (χ2v) is 14.5. The Bertz CT molecular complexity index is 1710. The zero-order valence-corrected chi connectivity index (χ0v) is 25.6. The van der Waals surface area contributed by atoms with Crippen LogP contribution in [0.15, 0.2) is 65.7 Å². The van der Waals surface area contributed by atoms with Crippen LogP contribution in [0, 0.1) is 12.7 Å². The molecule has 0 saturated carbocycles. The van der Waals surface area contributed by atoms with Gasteiger partial charge in [0.25, 0.3) is 10.0 Å². The molecule has 3 unspecified atom stereocenters. The van der Waals surface area contributed by atoms with Crippen molar-refractivity contribution < 1.29 is 21.9 Å². The van der Waals surface area contributed by atoms with Gasteiger partial charge in [-0.05, 0) is 65.6 Å². The van der Waals surface area contributed by atoms with Crippen LogP contribution in [0.25, 0.3) is 0 Å². The number of hydrogen-bond acceptors (Lipinski definition) is 5. The molecule has 3 aliphatic heterocycles. The van der Waals surface area contributed by atoms with Crippen molar-refractivity contribution >= 4 is 50.7 Å². The summed E-state index contributed by atoms with van der Waals surface area (Å²) in [4.78, 5) is 19.6. The number of nitrogens with zero attached hydrogens (tertiary/aromatic N) is 1. The zero-order valence-electron chi connectivity index (χ0n) is 23.3. The van der Waals surface area contributed by atoms with Crippen LogP contribution in [0.1, 0.15) is 53.5 Å². The number of aliphatic imine (C=N–C) groups is 1. The predicted molar refractivity (Wildman–Crippen MR) is 164 cm³/mol. The first-order valence-corrected chi connectivity index (χ1v) is 16.6. The third-order valence-electron chi connectivity index (χ3n) is 8.94. The summed E-state index contributed by atoms with van der Waals surface area (Å²) in [6.45, 7) is 2.89. The number of anilines is 1. The Morgan fingerprint density at radius 2 is 1.79 bits per heavy atom. The largest absolute Gasteiger partial charge is 0.371 e. The Kier molecular flexibility index (Phi) is 7.58. The third kappa shape index (κ3) is 5.10. The molecular weight excluding hydrogens is 598 g/mol. The predicted octanol–water partition coefficient (Wildman–Crippen LogP) is 4.55. The fraction of sp³-hybridized carbons (Fsp3) is 0.355. The number of rotatable bonds is 4. The molecule has 3 aliphatic rings. The maximum Gasteiger partial charge on any atom is 0.292 e. The lowest BCUT2D eigenvalue weighted by molar-refractivity contribution is -0.773. The number of sulfonamides is 1. The second-order valence-electron chi connectivity index (χ2n) is 11.5. The van der Waals surface area contributed by atoms with Crippen molar-refractivity contribution in [1.82, 2.24) is 5.32 Å². The summed E-state index contributed by atoms with van der Waals surface area (Å²) in [6.07, 6.45) is 2.97. The van der Waals surface area contributed by atoms with E-state index in [0.29, 0.717) is 63.8 Å². The van der Waals surface area contributed by atoms with Gasteiger partial charge in [-0.2, -0.15) is 8.42 Å². The number of amides is 1. The molecule has 3 aromatic carbocycles. The topological polar surface area (TPSA) is 92.1 Å².